The van der Waals surface area contributed by atoms with Crippen molar-refractivity contribution >= 4 is 52.6 Å². The molecule has 3 amide bonds. The summed E-state index contributed by atoms with van der Waals surface area (Å²) < 4.78 is 40.0. The van der Waals surface area contributed by atoms with Gasteiger partial charge in [0.2, 0.25) is 10.8 Å². The number of amides is 3. The summed E-state index contributed by atoms with van der Waals surface area (Å²) in [5, 5.41) is 17.1. The van der Waals surface area contributed by atoms with E-state index >= 15 is 0 Å². The Balaban J connectivity index is 1.89. The molecule has 0 bridgehead atoms. The van der Waals surface area contributed by atoms with E-state index in [-0.39, 0.29) is 24.6 Å². The number of carboxylic acid groups (broad SMARTS) is 1. The molecule has 3 aromatic rings. The van der Waals surface area contributed by atoms with Gasteiger partial charge in [0.15, 0.2) is 5.82 Å². The molecule has 1 heterocycles. The summed E-state index contributed by atoms with van der Waals surface area (Å²) >= 11 is 11.9. The molecule has 14 heteroatoms. The van der Waals surface area contributed by atoms with E-state index in [1.54, 1.807) is 25.1 Å². The van der Waals surface area contributed by atoms with Crippen molar-refractivity contribution in [1.29, 1.82) is 0 Å². The molecule has 3 rings (SSSR count). The van der Waals surface area contributed by atoms with Gasteiger partial charge >= 0.3 is 18.2 Å². The molecular weight excluding hydrogens is 550 g/mol. The van der Waals surface area contributed by atoms with E-state index in [9.17, 15) is 32.7 Å². The number of urea groups is 1. The number of aromatic nitrogens is 2. The lowest BCUT2D eigenvalue weighted by atomic mass is 10.1. The van der Waals surface area contributed by atoms with E-state index < -0.39 is 34.6 Å². The van der Waals surface area contributed by atoms with E-state index in [0.717, 1.165) is 12.1 Å². The summed E-state index contributed by atoms with van der Waals surface area (Å²) in [5.74, 6) is -2.88. The lowest BCUT2D eigenvalue weighted by Gasteiger charge is -2.21. The van der Waals surface area contributed by atoms with Gasteiger partial charge in [0, 0.05) is 23.5 Å². The topological polar surface area (TPSA) is 125 Å². The number of halogens is 5. The molecule has 0 aliphatic rings. The zero-order chi connectivity index (χ0) is 28.3. The number of hydrogen-bond acceptors (Lipinski definition) is 4. The average Bonchev–Trinajstić information content (AvgIpc) is 3.22. The Morgan fingerprint density at radius 3 is 2.29 bits per heavy atom. The molecule has 1 aromatic heterocycles. The molecule has 0 radical (unpaired) electrons. The summed E-state index contributed by atoms with van der Waals surface area (Å²) in [7, 11) is 0. The third-order valence-corrected chi connectivity index (χ3v) is 6.19. The van der Waals surface area contributed by atoms with Crippen LogP contribution in [-0.2, 0) is 17.5 Å². The van der Waals surface area contributed by atoms with Crippen LogP contribution in [0.5, 0.6) is 0 Å². The Bertz CT molecular complexity index is 1360. The summed E-state index contributed by atoms with van der Waals surface area (Å²) in [4.78, 5) is 39.0. The molecule has 2 aromatic carbocycles. The molecule has 38 heavy (non-hydrogen) atoms. The minimum absolute atomic E-state index is 0.0850. The number of hydrogen-bond donors (Lipinski definition) is 4. The Morgan fingerprint density at radius 1 is 1.08 bits per heavy atom. The molecule has 1 atom stereocenters. The van der Waals surface area contributed by atoms with Crippen LogP contribution in [0.3, 0.4) is 0 Å². The largest absolute Gasteiger partial charge is 0.479 e. The number of benzene rings is 2. The molecule has 4 N–H and O–H groups in total. The Labute approximate surface area is 225 Å². The van der Waals surface area contributed by atoms with Crippen LogP contribution in [0, 0.1) is 6.92 Å². The van der Waals surface area contributed by atoms with Crippen molar-refractivity contribution in [3.05, 3.63) is 76.2 Å². The summed E-state index contributed by atoms with van der Waals surface area (Å²) in [6, 6.07) is 8.35. The maximum absolute atomic E-state index is 13.0. The van der Waals surface area contributed by atoms with Gasteiger partial charge in [0.1, 0.15) is 0 Å². The van der Waals surface area contributed by atoms with Gasteiger partial charge in [-0.15, -0.1) is 0 Å². The number of carbonyl (C=O) groups is 3. The minimum atomic E-state index is -4.52. The first kappa shape index (κ1) is 28.8. The fraction of sp³-hybridized carbons (Fsp3) is 0.250. The third kappa shape index (κ3) is 6.95. The second kappa shape index (κ2) is 11.3. The average molecular weight is 572 g/mol. The highest BCUT2D eigenvalue weighted by Crippen LogP contribution is 2.29. The molecule has 0 aliphatic carbocycles. The number of rotatable bonds is 8. The molecule has 9 nitrogen and oxygen atoms in total. The van der Waals surface area contributed by atoms with Crippen LogP contribution in [0.25, 0.3) is 0 Å². The van der Waals surface area contributed by atoms with Crippen LogP contribution in [0.2, 0.25) is 5.02 Å². The van der Waals surface area contributed by atoms with Crippen LogP contribution in [0.15, 0.2) is 48.7 Å². The van der Waals surface area contributed by atoms with Crippen LogP contribution in [-0.4, -0.2) is 37.6 Å². The summed E-state index contributed by atoms with van der Waals surface area (Å²) in [6.45, 7) is 3.06. The van der Waals surface area contributed by atoms with Gasteiger partial charge in [0.05, 0.1) is 5.56 Å². The van der Waals surface area contributed by atoms with Crippen molar-refractivity contribution in [2.24, 2.45) is 0 Å². The zero-order valence-corrected chi connectivity index (χ0v) is 21.5. The molecule has 1 unspecified atom stereocenters. The third-order valence-electron chi connectivity index (χ3n) is 5.43. The van der Waals surface area contributed by atoms with Gasteiger partial charge in [-0.3, -0.25) is 10.1 Å². The smallest absolute Gasteiger partial charge is 0.416 e. The molecule has 0 saturated carbocycles. The number of imidazole rings is 1. The Morgan fingerprint density at radius 2 is 1.74 bits per heavy atom. The van der Waals surface area contributed by atoms with E-state index in [1.165, 1.54) is 29.8 Å². The molecular formula is C24H22Cl2F3N5O4. The van der Waals surface area contributed by atoms with Gasteiger partial charge in [-0.05, 0) is 54.8 Å². The van der Waals surface area contributed by atoms with E-state index in [4.69, 9.17) is 23.2 Å². The van der Waals surface area contributed by atoms with Gasteiger partial charge in [0.25, 0.3) is 5.91 Å². The van der Waals surface area contributed by atoms with Gasteiger partial charge in [-0.1, -0.05) is 42.3 Å². The van der Waals surface area contributed by atoms with E-state index in [0.29, 0.717) is 21.8 Å². The van der Waals surface area contributed by atoms with Crippen LogP contribution in [0.1, 0.15) is 40.7 Å². The van der Waals surface area contributed by atoms with Crippen molar-refractivity contribution in [1.82, 2.24) is 14.9 Å². The molecule has 0 aliphatic heterocycles. The molecule has 0 spiro atoms. The predicted molar refractivity (Wildman–Crippen MR) is 136 cm³/mol. The molecule has 0 fully saturated rings. The number of anilines is 2. The van der Waals surface area contributed by atoms with E-state index in [2.05, 4.69) is 20.9 Å². The quantitative estimate of drug-likeness (QED) is 0.203. The summed E-state index contributed by atoms with van der Waals surface area (Å²) in [6.07, 6.45) is -3.40. The standard InChI is InChI=1S/C24H22Cl2F3N5O4/c1-3-23(26,21(36)37)33-20(35)19-31-18(32-22(38)30-17-9-8-16(25)10-13(17)2)12-34(19)11-14-4-6-15(7-5-14)24(27,28)29/h4-10,12H,3,11H2,1-2H3,(H,33,35)(H,36,37)(H2,30,32,38). The number of nitrogens with zero attached hydrogens (tertiary/aromatic N) is 2. The lowest BCUT2D eigenvalue weighted by molar-refractivity contribution is -0.141. The Kier molecular flexibility index (Phi) is 8.58. The van der Waals surface area contributed by atoms with Gasteiger partial charge in [-0.25, -0.2) is 14.6 Å². The SMILES string of the molecule is CCC(Cl)(NC(=O)c1nc(NC(=O)Nc2ccc(Cl)cc2C)cn1Cc1ccc(C(F)(F)F)cc1)C(=O)O. The van der Waals surface area contributed by atoms with Gasteiger partial charge < -0.3 is 20.3 Å². The Hall–Kier alpha value is -3.77. The highest BCUT2D eigenvalue weighted by Gasteiger charge is 2.37. The number of nitrogens with one attached hydrogen (secondary N) is 3. The highest BCUT2D eigenvalue weighted by molar-refractivity contribution is 6.34. The second-order valence-electron chi connectivity index (χ2n) is 8.22. The van der Waals surface area contributed by atoms with E-state index in [1.807, 2.05) is 0 Å². The van der Waals surface area contributed by atoms with Crippen molar-refractivity contribution in [3.8, 4) is 0 Å². The zero-order valence-electron chi connectivity index (χ0n) is 20.0. The van der Waals surface area contributed by atoms with Crippen molar-refractivity contribution in [2.45, 2.75) is 38.0 Å². The molecule has 202 valence electrons. The normalized spacial score (nSPS) is 12.9. The number of carbonyl (C=O) groups excluding carboxylic acids is 2. The van der Waals surface area contributed by atoms with Crippen molar-refractivity contribution < 1.29 is 32.7 Å². The summed E-state index contributed by atoms with van der Waals surface area (Å²) in [5.41, 5.74) is 0.679. The monoisotopic (exact) mass is 571 g/mol. The minimum Gasteiger partial charge on any atom is -0.479 e. The fourth-order valence-corrected chi connectivity index (χ4v) is 3.65. The predicted octanol–water partition coefficient (Wildman–Crippen LogP) is 5.72. The molecule has 0 saturated heterocycles. The lowest BCUT2D eigenvalue weighted by Crippen LogP contribution is -2.50. The highest BCUT2D eigenvalue weighted by atomic mass is 35.5. The maximum Gasteiger partial charge on any atom is 0.416 e. The number of alkyl halides is 4. The first-order valence-electron chi connectivity index (χ1n) is 11.0. The van der Waals surface area contributed by atoms with Crippen molar-refractivity contribution in [2.75, 3.05) is 10.6 Å². The first-order chi connectivity index (χ1) is 17.7. The van der Waals surface area contributed by atoms with Crippen LogP contribution >= 0.6 is 23.2 Å². The number of aliphatic carboxylic acids is 1. The maximum atomic E-state index is 13.0. The fourth-order valence-electron chi connectivity index (χ4n) is 3.34. The number of carboxylic acids is 1. The van der Waals surface area contributed by atoms with Crippen molar-refractivity contribution in [3.63, 3.8) is 0 Å². The van der Waals surface area contributed by atoms with Crippen LogP contribution < -0.4 is 16.0 Å². The van der Waals surface area contributed by atoms with Crippen LogP contribution in [0.4, 0.5) is 29.5 Å². The van der Waals surface area contributed by atoms with Gasteiger partial charge in [-0.2, -0.15) is 13.2 Å². The first-order valence-corrected chi connectivity index (χ1v) is 11.8. The second-order valence-corrected chi connectivity index (χ2v) is 9.31. The number of aryl methyl sites for hydroxylation is 1.